The van der Waals surface area contributed by atoms with Crippen LogP contribution in [0, 0.1) is 0 Å². The molecule has 1 aliphatic heterocycles. The number of hydroxylamine groups is 1. The summed E-state index contributed by atoms with van der Waals surface area (Å²) in [5, 5.41) is 0. The van der Waals surface area contributed by atoms with E-state index >= 15 is 0 Å². The van der Waals surface area contributed by atoms with Gasteiger partial charge in [0, 0.05) is 31.8 Å². The molecular weight excluding hydrogens is 270 g/mol. The summed E-state index contributed by atoms with van der Waals surface area (Å²) in [6.45, 7) is 2.61. The summed E-state index contributed by atoms with van der Waals surface area (Å²) in [5.41, 5.74) is 3.93. The molecule has 1 N–H and O–H groups in total. The van der Waals surface area contributed by atoms with E-state index in [4.69, 9.17) is 9.57 Å². The number of nitrogens with zero attached hydrogens (tertiary/aromatic N) is 2. The van der Waals surface area contributed by atoms with E-state index < -0.39 is 0 Å². The Morgan fingerprint density at radius 1 is 1.43 bits per heavy atom. The molecule has 6 heteroatoms. The van der Waals surface area contributed by atoms with Crippen molar-refractivity contribution in [1.29, 1.82) is 0 Å². The lowest BCUT2D eigenvalue weighted by atomic mass is 10.2. The minimum atomic E-state index is -0.331. The molecule has 1 unspecified atom stereocenters. The predicted octanol–water partition coefficient (Wildman–Crippen LogP) is 1.97. The Labute approximate surface area is 124 Å². The molecule has 0 aromatic heterocycles. The topological polar surface area (TPSA) is 63.2 Å². The van der Waals surface area contributed by atoms with E-state index in [0.29, 0.717) is 12.2 Å². The van der Waals surface area contributed by atoms with Crippen LogP contribution in [0.15, 0.2) is 29.3 Å². The van der Waals surface area contributed by atoms with Crippen LogP contribution in [0.5, 0.6) is 0 Å². The third-order valence-corrected chi connectivity index (χ3v) is 3.50. The van der Waals surface area contributed by atoms with Crippen LogP contribution < -0.4 is 10.4 Å². The van der Waals surface area contributed by atoms with E-state index in [-0.39, 0.29) is 12.2 Å². The minimum Gasteiger partial charge on any atom is -0.350 e. The maximum atomic E-state index is 11.9. The van der Waals surface area contributed by atoms with E-state index in [1.54, 1.807) is 19.2 Å². The van der Waals surface area contributed by atoms with Gasteiger partial charge in [0.2, 0.25) is 0 Å². The summed E-state index contributed by atoms with van der Waals surface area (Å²) in [6.07, 6.45) is 1.43. The molecule has 0 bridgehead atoms. The summed E-state index contributed by atoms with van der Waals surface area (Å²) < 4.78 is 5.27. The first kappa shape index (κ1) is 15.5. The summed E-state index contributed by atoms with van der Waals surface area (Å²) >= 11 is 0. The molecule has 1 aliphatic rings. The maximum absolute atomic E-state index is 11.9. The SMILES string of the molecule is CN=C(C)N(C)c1ccc(C(=O)NOC2CCCO2)cc1. The smallest absolute Gasteiger partial charge is 0.274 e. The number of carbonyl (C=O) groups is 1. The molecule has 0 spiro atoms. The third kappa shape index (κ3) is 4.03. The van der Waals surface area contributed by atoms with Crippen molar-refractivity contribution in [3.05, 3.63) is 29.8 Å². The van der Waals surface area contributed by atoms with Crippen LogP contribution in [-0.4, -0.2) is 38.7 Å². The first-order valence-electron chi connectivity index (χ1n) is 6.96. The number of aliphatic imine (C=N–C) groups is 1. The van der Waals surface area contributed by atoms with Crippen molar-refractivity contribution in [2.75, 3.05) is 25.6 Å². The number of rotatable bonds is 4. The molecule has 114 valence electrons. The van der Waals surface area contributed by atoms with Gasteiger partial charge in [-0.1, -0.05) is 0 Å². The van der Waals surface area contributed by atoms with Crippen molar-refractivity contribution >= 4 is 17.4 Å². The van der Waals surface area contributed by atoms with Gasteiger partial charge in [0.1, 0.15) is 0 Å². The lowest BCUT2D eigenvalue weighted by Crippen LogP contribution is -2.29. The summed E-state index contributed by atoms with van der Waals surface area (Å²) in [6, 6.07) is 7.25. The van der Waals surface area contributed by atoms with Gasteiger partial charge in [-0.15, -0.1) is 0 Å². The number of anilines is 1. The third-order valence-electron chi connectivity index (χ3n) is 3.50. The summed E-state index contributed by atoms with van der Waals surface area (Å²) in [5.74, 6) is 0.620. The fourth-order valence-corrected chi connectivity index (χ4v) is 1.99. The van der Waals surface area contributed by atoms with Crippen LogP contribution in [0.4, 0.5) is 5.69 Å². The van der Waals surface area contributed by atoms with Crippen molar-refractivity contribution in [2.45, 2.75) is 26.1 Å². The predicted molar refractivity (Wildman–Crippen MR) is 81.4 cm³/mol. The van der Waals surface area contributed by atoms with E-state index in [9.17, 15) is 4.79 Å². The zero-order valence-electron chi connectivity index (χ0n) is 12.6. The maximum Gasteiger partial charge on any atom is 0.274 e. The molecule has 2 rings (SSSR count). The number of nitrogens with one attached hydrogen (secondary N) is 1. The van der Waals surface area contributed by atoms with Crippen LogP contribution in [0.1, 0.15) is 30.1 Å². The van der Waals surface area contributed by atoms with E-state index in [1.807, 2.05) is 31.0 Å². The van der Waals surface area contributed by atoms with Crippen LogP contribution in [0.25, 0.3) is 0 Å². The van der Waals surface area contributed by atoms with Crippen molar-refractivity contribution < 1.29 is 14.4 Å². The Bertz CT molecular complexity index is 507. The number of ether oxygens (including phenoxy) is 1. The van der Waals surface area contributed by atoms with Crippen molar-refractivity contribution in [1.82, 2.24) is 5.48 Å². The van der Waals surface area contributed by atoms with Crippen LogP contribution in [-0.2, 0) is 9.57 Å². The highest BCUT2D eigenvalue weighted by molar-refractivity contribution is 5.97. The second kappa shape index (κ2) is 7.19. The Morgan fingerprint density at radius 2 is 2.14 bits per heavy atom. The molecule has 0 saturated carbocycles. The van der Waals surface area contributed by atoms with Gasteiger partial charge in [0.15, 0.2) is 6.29 Å². The molecule has 1 saturated heterocycles. The first-order valence-corrected chi connectivity index (χ1v) is 6.96. The molecule has 1 fully saturated rings. The van der Waals surface area contributed by atoms with Gasteiger partial charge in [0.05, 0.1) is 12.4 Å². The van der Waals surface area contributed by atoms with Crippen molar-refractivity contribution in [2.24, 2.45) is 4.99 Å². The van der Waals surface area contributed by atoms with Crippen molar-refractivity contribution in [3.63, 3.8) is 0 Å². The number of amidine groups is 1. The van der Waals surface area contributed by atoms with E-state index in [1.165, 1.54) is 0 Å². The number of benzene rings is 1. The molecular formula is C15H21N3O3. The van der Waals surface area contributed by atoms with E-state index in [0.717, 1.165) is 24.4 Å². The zero-order chi connectivity index (χ0) is 15.2. The fraction of sp³-hybridized carbons (Fsp3) is 0.467. The highest BCUT2D eigenvalue weighted by Crippen LogP contribution is 2.15. The molecule has 6 nitrogen and oxygen atoms in total. The summed E-state index contributed by atoms with van der Waals surface area (Å²) in [4.78, 5) is 23.2. The minimum absolute atomic E-state index is 0.277. The largest absolute Gasteiger partial charge is 0.350 e. The molecule has 1 amide bonds. The lowest BCUT2D eigenvalue weighted by Gasteiger charge is -2.18. The average molecular weight is 291 g/mol. The normalized spacial score (nSPS) is 18.6. The lowest BCUT2D eigenvalue weighted by molar-refractivity contribution is -0.142. The van der Waals surface area contributed by atoms with Gasteiger partial charge in [0.25, 0.3) is 5.91 Å². The monoisotopic (exact) mass is 291 g/mol. The Morgan fingerprint density at radius 3 is 2.71 bits per heavy atom. The average Bonchev–Trinajstić information content (AvgIpc) is 3.04. The van der Waals surface area contributed by atoms with Crippen molar-refractivity contribution in [3.8, 4) is 0 Å². The highest BCUT2D eigenvalue weighted by atomic mass is 16.8. The number of hydrogen-bond acceptors (Lipinski definition) is 4. The van der Waals surface area contributed by atoms with Gasteiger partial charge in [-0.05, 0) is 37.6 Å². The van der Waals surface area contributed by atoms with Gasteiger partial charge in [-0.25, -0.2) is 10.3 Å². The highest BCUT2D eigenvalue weighted by Gasteiger charge is 2.17. The molecule has 1 aromatic carbocycles. The molecule has 0 radical (unpaired) electrons. The number of hydrogen-bond donors (Lipinski definition) is 1. The fourth-order valence-electron chi connectivity index (χ4n) is 1.99. The second-order valence-electron chi connectivity index (χ2n) is 4.87. The van der Waals surface area contributed by atoms with Crippen LogP contribution in [0.2, 0.25) is 0 Å². The number of amides is 1. The van der Waals surface area contributed by atoms with Crippen LogP contribution >= 0.6 is 0 Å². The molecule has 0 aliphatic carbocycles. The summed E-state index contributed by atoms with van der Waals surface area (Å²) in [7, 11) is 3.67. The molecule has 21 heavy (non-hydrogen) atoms. The standard InChI is InChI=1S/C15H21N3O3/c1-11(16-2)18(3)13-8-6-12(7-9-13)15(19)17-21-14-5-4-10-20-14/h6-9,14H,4-5,10H2,1-3H3,(H,17,19). The van der Waals surface area contributed by atoms with Gasteiger partial charge < -0.3 is 9.64 Å². The first-order chi connectivity index (χ1) is 10.1. The second-order valence-corrected chi connectivity index (χ2v) is 4.87. The van der Waals surface area contributed by atoms with E-state index in [2.05, 4.69) is 10.5 Å². The Balaban J connectivity index is 1.93. The molecule has 1 atom stereocenters. The van der Waals surface area contributed by atoms with Gasteiger partial charge >= 0.3 is 0 Å². The van der Waals surface area contributed by atoms with Gasteiger partial charge in [-0.3, -0.25) is 9.79 Å². The molecule has 1 aromatic rings. The quantitative estimate of drug-likeness (QED) is 0.523. The zero-order valence-corrected chi connectivity index (χ0v) is 12.6. The molecule has 1 heterocycles. The Kier molecular flexibility index (Phi) is 5.30. The Hall–Kier alpha value is -1.92. The van der Waals surface area contributed by atoms with Crippen LogP contribution in [0.3, 0.4) is 0 Å². The van der Waals surface area contributed by atoms with Gasteiger partial charge in [-0.2, -0.15) is 0 Å². The number of carbonyl (C=O) groups excluding carboxylic acids is 1.